The summed E-state index contributed by atoms with van der Waals surface area (Å²) in [5, 5.41) is 12.7. The maximum Gasteiger partial charge on any atom is 0.262 e. The first kappa shape index (κ1) is 23.8. The van der Waals surface area contributed by atoms with Gasteiger partial charge in [-0.2, -0.15) is 5.26 Å². The number of ether oxygens (including phenoxy) is 3. The molecule has 170 valence electrons. The summed E-state index contributed by atoms with van der Waals surface area (Å²) in [7, 11) is 1.52. The first-order chi connectivity index (χ1) is 16.0. The lowest BCUT2D eigenvalue weighted by Crippen LogP contribution is -2.23. The summed E-state index contributed by atoms with van der Waals surface area (Å²) in [6.07, 6.45) is 3.00. The van der Waals surface area contributed by atoms with Crippen molar-refractivity contribution in [1.82, 2.24) is 5.32 Å². The third-order valence-electron chi connectivity index (χ3n) is 4.61. The van der Waals surface area contributed by atoms with Gasteiger partial charge in [-0.1, -0.05) is 17.7 Å². The molecule has 0 atom stereocenters. The number of aryl methyl sites for hydroxylation is 1. The molecule has 0 aliphatic carbocycles. The van der Waals surface area contributed by atoms with Crippen LogP contribution in [0.4, 0.5) is 0 Å². The van der Waals surface area contributed by atoms with Gasteiger partial charge in [-0.3, -0.25) is 4.79 Å². The molecule has 0 radical (unpaired) electrons. The van der Waals surface area contributed by atoms with Crippen molar-refractivity contribution in [1.29, 1.82) is 5.26 Å². The van der Waals surface area contributed by atoms with Gasteiger partial charge in [-0.25, -0.2) is 0 Å². The molecule has 0 saturated heterocycles. The molecule has 0 aliphatic rings. The number of nitriles is 1. The number of furan rings is 1. The number of hydrogen-bond donors (Lipinski definition) is 1. The molecule has 7 nitrogen and oxygen atoms in total. The summed E-state index contributed by atoms with van der Waals surface area (Å²) >= 11 is 6.02. The summed E-state index contributed by atoms with van der Waals surface area (Å²) in [6.45, 7) is 2.73. The second-order valence-electron chi connectivity index (χ2n) is 6.95. The van der Waals surface area contributed by atoms with Crippen molar-refractivity contribution in [2.75, 3.05) is 20.3 Å². The zero-order chi connectivity index (χ0) is 23.6. The standard InChI is InChI=1S/C25H23ClN2O5/c1-17-12-20(6-7-22(17)26)32-10-11-33-23-8-5-18(14-24(23)30-2)13-19(15-27)25(29)28-16-21-4-3-9-31-21/h3-9,12-14H,10-11,16H2,1-2H3,(H,28,29)/b19-13+. The lowest BCUT2D eigenvalue weighted by atomic mass is 10.1. The quantitative estimate of drug-likeness (QED) is 0.258. The lowest BCUT2D eigenvalue weighted by Gasteiger charge is -2.12. The highest BCUT2D eigenvalue weighted by molar-refractivity contribution is 6.31. The minimum atomic E-state index is -0.497. The summed E-state index contributed by atoms with van der Waals surface area (Å²) < 4.78 is 22.0. The zero-order valence-electron chi connectivity index (χ0n) is 18.3. The second-order valence-corrected chi connectivity index (χ2v) is 7.36. The minimum Gasteiger partial charge on any atom is -0.493 e. The van der Waals surface area contributed by atoms with Gasteiger partial charge in [0.1, 0.15) is 36.4 Å². The van der Waals surface area contributed by atoms with E-state index < -0.39 is 5.91 Å². The fourth-order valence-corrected chi connectivity index (χ4v) is 3.02. The summed E-state index contributed by atoms with van der Waals surface area (Å²) in [4.78, 5) is 12.3. The molecule has 0 unspecified atom stereocenters. The van der Waals surface area contributed by atoms with E-state index in [1.807, 2.05) is 19.1 Å². The van der Waals surface area contributed by atoms with Crippen LogP contribution in [-0.4, -0.2) is 26.2 Å². The highest BCUT2D eigenvalue weighted by atomic mass is 35.5. The molecular formula is C25H23ClN2O5. The van der Waals surface area contributed by atoms with Crippen LogP contribution in [0.2, 0.25) is 5.02 Å². The van der Waals surface area contributed by atoms with Gasteiger partial charge in [-0.15, -0.1) is 0 Å². The largest absolute Gasteiger partial charge is 0.493 e. The van der Waals surface area contributed by atoms with Gasteiger partial charge in [0.05, 0.1) is 19.9 Å². The molecule has 0 fully saturated rings. The van der Waals surface area contributed by atoms with Crippen LogP contribution in [0.1, 0.15) is 16.9 Å². The van der Waals surface area contributed by atoms with E-state index in [-0.39, 0.29) is 12.1 Å². The number of halogens is 1. The van der Waals surface area contributed by atoms with Crippen LogP contribution in [-0.2, 0) is 11.3 Å². The fourth-order valence-electron chi connectivity index (χ4n) is 2.90. The Kier molecular flexibility index (Phi) is 8.39. The average Bonchev–Trinajstić information content (AvgIpc) is 3.35. The molecule has 2 aromatic carbocycles. The van der Waals surface area contributed by atoms with Crippen molar-refractivity contribution in [2.24, 2.45) is 0 Å². The first-order valence-electron chi connectivity index (χ1n) is 10.1. The topological polar surface area (TPSA) is 93.7 Å². The second kappa shape index (κ2) is 11.7. The van der Waals surface area contributed by atoms with Gasteiger partial charge in [-0.05, 0) is 66.6 Å². The molecule has 1 aromatic heterocycles. The molecule has 1 heterocycles. The van der Waals surface area contributed by atoms with Gasteiger partial charge in [0.2, 0.25) is 0 Å². The summed E-state index contributed by atoms with van der Waals surface area (Å²) in [5.41, 5.74) is 1.52. The monoisotopic (exact) mass is 466 g/mol. The number of hydrogen-bond acceptors (Lipinski definition) is 6. The number of rotatable bonds is 10. The Balaban J connectivity index is 1.58. The van der Waals surface area contributed by atoms with E-state index in [2.05, 4.69) is 5.32 Å². The number of carbonyl (C=O) groups is 1. The Labute approximate surface area is 197 Å². The average molecular weight is 467 g/mol. The van der Waals surface area contributed by atoms with Gasteiger partial charge >= 0.3 is 0 Å². The molecule has 0 bridgehead atoms. The van der Waals surface area contributed by atoms with Crippen molar-refractivity contribution in [3.05, 3.63) is 82.3 Å². The number of nitrogens with one attached hydrogen (secondary N) is 1. The van der Waals surface area contributed by atoms with E-state index in [0.717, 1.165) is 5.56 Å². The zero-order valence-corrected chi connectivity index (χ0v) is 19.0. The maximum absolute atomic E-state index is 12.3. The summed E-state index contributed by atoms with van der Waals surface area (Å²) in [5.74, 6) is 1.80. The van der Waals surface area contributed by atoms with Crippen LogP contribution in [0.25, 0.3) is 6.08 Å². The van der Waals surface area contributed by atoms with Gasteiger partial charge in [0.15, 0.2) is 11.5 Å². The Morgan fingerprint density at radius 3 is 2.67 bits per heavy atom. The Hall–Kier alpha value is -3.89. The highest BCUT2D eigenvalue weighted by Crippen LogP contribution is 2.29. The van der Waals surface area contributed by atoms with E-state index in [4.69, 9.17) is 30.2 Å². The molecule has 8 heteroatoms. The Morgan fingerprint density at radius 1 is 1.15 bits per heavy atom. The molecule has 33 heavy (non-hydrogen) atoms. The SMILES string of the molecule is COc1cc(/C=C(\C#N)C(=O)NCc2ccco2)ccc1OCCOc1ccc(Cl)c(C)c1. The van der Waals surface area contributed by atoms with E-state index in [1.54, 1.807) is 42.5 Å². The van der Waals surface area contributed by atoms with E-state index in [9.17, 15) is 10.1 Å². The van der Waals surface area contributed by atoms with Gasteiger partial charge < -0.3 is 23.9 Å². The van der Waals surface area contributed by atoms with E-state index in [0.29, 0.717) is 46.8 Å². The third kappa shape index (κ3) is 6.79. The summed E-state index contributed by atoms with van der Waals surface area (Å²) in [6, 6.07) is 16.0. The van der Waals surface area contributed by atoms with Crippen molar-refractivity contribution in [3.8, 4) is 23.3 Å². The van der Waals surface area contributed by atoms with Crippen molar-refractivity contribution >= 4 is 23.6 Å². The molecule has 0 saturated carbocycles. The molecule has 1 amide bonds. The number of benzene rings is 2. The molecule has 0 aliphatic heterocycles. The van der Waals surface area contributed by atoms with Crippen LogP contribution < -0.4 is 19.5 Å². The van der Waals surface area contributed by atoms with Crippen molar-refractivity contribution in [2.45, 2.75) is 13.5 Å². The Morgan fingerprint density at radius 2 is 1.97 bits per heavy atom. The first-order valence-corrected chi connectivity index (χ1v) is 10.5. The molecule has 3 rings (SSSR count). The minimum absolute atomic E-state index is 0.0380. The number of nitrogens with zero attached hydrogens (tertiary/aromatic N) is 1. The lowest BCUT2D eigenvalue weighted by molar-refractivity contribution is -0.117. The number of carbonyl (C=O) groups excluding carboxylic acids is 1. The van der Waals surface area contributed by atoms with Crippen LogP contribution in [0.15, 0.2) is 64.8 Å². The normalized spacial score (nSPS) is 10.9. The number of methoxy groups -OCH3 is 1. The van der Waals surface area contributed by atoms with Crippen LogP contribution in [0.5, 0.6) is 17.2 Å². The van der Waals surface area contributed by atoms with Crippen LogP contribution >= 0.6 is 11.6 Å². The van der Waals surface area contributed by atoms with E-state index >= 15 is 0 Å². The molecule has 3 aromatic rings. The molecule has 1 N–H and O–H groups in total. The molecule has 0 spiro atoms. The third-order valence-corrected chi connectivity index (χ3v) is 5.03. The number of amides is 1. The van der Waals surface area contributed by atoms with E-state index in [1.165, 1.54) is 19.4 Å². The van der Waals surface area contributed by atoms with Crippen molar-refractivity contribution in [3.63, 3.8) is 0 Å². The molecular weight excluding hydrogens is 444 g/mol. The van der Waals surface area contributed by atoms with Gasteiger partial charge in [0, 0.05) is 5.02 Å². The maximum atomic E-state index is 12.3. The Bertz CT molecular complexity index is 1170. The van der Waals surface area contributed by atoms with Crippen LogP contribution in [0.3, 0.4) is 0 Å². The highest BCUT2D eigenvalue weighted by Gasteiger charge is 2.11. The predicted octanol–water partition coefficient (Wildman–Crippen LogP) is 4.93. The fraction of sp³-hybridized carbons (Fsp3) is 0.200. The van der Waals surface area contributed by atoms with Gasteiger partial charge in [0.25, 0.3) is 5.91 Å². The predicted molar refractivity (Wildman–Crippen MR) is 124 cm³/mol. The van der Waals surface area contributed by atoms with Crippen molar-refractivity contribution < 1.29 is 23.4 Å². The smallest absolute Gasteiger partial charge is 0.262 e. The van der Waals surface area contributed by atoms with Crippen LogP contribution in [0, 0.1) is 18.3 Å².